The van der Waals surface area contributed by atoms with Crippen molar-refractivity contribution in [2.75, 3.05) is 12.8 Å². The molecule has 128 valence electrons. The second-order valence-corrected chi connectivity index (χ2v) is 6.20. The van der Waals surface area contributed by atoms with E-state index in [1.54, 1.807) is 13.3 Å². The normalized spacial score (nSPS) is 14.0. The Balaban J connectivity index is 1.69. The highest BCUT2D eigenvalue weighted by atomic mass is 16.5. The van der Waals surface area contributed by atoms with Gasteiger partial charge in [0, 0.05) is 42.8 Å². The molecule has 7 heteroatoms. The van der Waals surface area contributed by atoms with E-state index in [-0.39, 0.29) is 5.91 Å². The zero-order chi connectivity index (χ0) is 17.3. The average Bonchev–Trinajstić information content (AvgIpc) is 3.32. The average molecular weight is 329 g/mol. The van der Waals surface area contributed by atoms with Gasteiger partial charge in [0.15, 0.2) is 5.82 Å². The Morgan fingerprint density at radius 2 is 2.21 bits per heavy atom. The van der Waals surface area contributed by atoms with Crippen LogP contribution in [-0.2, 0) is 17.9 Å². The summed E-state index contributed by atoms with van der Waals surface area (Å²) >= 11 is 0. The summed E-state index contributed by atoms with van der Waals surface area (Å²) in [5.41, 5.74) is 9.48. The molecule has 1 aliphatic carbocycles. The molecule has 2 aromatic heterocycles. The van der Waals surface area contributed by atoms with E-state index >= 15 is 0 Å². The molecule has 0 radical (unpaired) electrons. The minimum atomic E-state index is -0.102. The predicted molar refractivity (Wildman–Crippen MR) is 90.5 cm³/mol. The maximum absolute atomic E-state index is 12.5. The van der Waals surface area contributed by atoms with Crippen LogP contribution in [0.25, 0.3) is 0 Å². The van der Waals surface area contributed by atoms with E-state index < -0.39 is 0 Å². The highest BCUT2D eigenvalue weighted by Crippen LogP contribution is 2.38. The quantitative estimate of drug-likeness (QED) is 0.844. The van der Waals surface area contributed by atoms with Gasteiger partial charge in [-0.25, -0.2) is 9.97 Å². The molecule has 0 saturated heterocycles. The highest BCUT2D eigenvalue weighted by Gasteiger charge is 2.28. The number of aromatic nitrogens is 3. The molecule has 24 heavy (non-hydrogen) atoms. The summed E-state index contributed by atoms with van der Waals surface area (Å²) in [6.45, 7) is 4.65. The van der Waals surface area contributed by atoms with Crippen molar-refractivity contribution in [3.8, 4) is 0 Å². The number of amides is 1. The molecule has 3 rings (SSSR count). The van der Waals surface area contributed by atoms with Crippen LogP contribution in [0.2, 0.25) is 0 Å². The number of ether oxygens (including phenoxy) is 1. The Hall–Kier alpha value is -2.41. The molecule has 0 spiro atoms. The molecule has 2 aromatic rings. The molecular formula is C17H23N5O2. The van der Waals surface area contributed by atoms with Crippen LogP contribution in [0.5, 0.6) is 0 Å². The number of aryl methyl sites for hydroxylation is 1. The van der Waals surface area contributed by atoms with E-state index in [9.17, 15) is 4.79 Å². The van der Waals surface area contributed by atoms with Crippen LogP contribution < -0.4 is 11.1 Å². The first-order valence-corrected chi connectivity index (χ1v) is 8.07. The number of anilines is 1. The topological polar surface area (TPSA) is 95.1 Å². The number of carbonyl (C=O) groups is 1. The third kappa shape index (κ3) is 3.26. The first kappa shape index (κ1) is 16.4. The monoisotopic (exact) mass is 329 g/mol. The van der Waals surface area contributed by atoms with Gasteiger partial charge >= 0.3 is 0 Å². The first-order chi connectivity index (χ1) is 11.5. The molecule has 1 aliphatic rings. The number of nitrogens with two attached hydrogens (primary N) is 1. The summed E-state index contributed by atoms with van der Waals surface area (Å²) in [6.07, 6.45) is 4.02. The van der Waals surface area contributed by atoms with Crippen molar-refractivity contribution in [1.82, 2.24) is 19.9 Å². The second-order valence-electron chi connectivity index (χ2n) is 6.20. The molecule has 0 aromatic carbocycles. The van der Waals surface area contributed by atoms with Gasteiger partial charge in [0.1, 0.15) is 12.4 Å². The lowest BCUT2D eigenvalue weighted by Crippen LogP contribution is -2.24. The van der Waals surface area contributed by atoms with E-state index in [0.717, 1.165) is 17.0 Å². The van der Waals surface area contributed by atoms with Crippen LogP contribution in [0.3, 0.4) is 0 Å². The van der Waals surface area contributed by atoms with Gasteiger partial charge < -0.3 is 20.4 Å². The fourth-order valence-corrected chi connectivity index (χ4v) is 2.97. The fraction of sp³-hybridized carbons (Fsp3) is 0.471. The van der Waals surface area contributed by atoms with Crippen LogP contribution >= 0.6 is 0 Å². The highest BCUT2D eigenvalue weighted by molar-refractivity contribution is 5.95. The molecule has 0 unspecified atom stereocenters. The fourth-order valence-electron chi connectivity index (χ4n) is 2.97. The van der Waals surface area contributed by atoms with Crippen LogP contribution in [-0.4, -0.2) is 27.6 Å². The molecule has 1 fully saturated rings. The Morgan fingerprint density at radius 1 is 1.46 bits per heavy atom. The lowest BCUT2D eigenvalue weighted by molar-refractivity contribution is 0.0950. The molecule has 0 atom stereocenters. The van der Waals surface area contributed by atoms with Gasteiger partial charge in [0.25, 0.3) is 5.91 Å². The maximum atomic E-state index is 12.5. The largest absolute Gasteiger partial charge is 0.383 e. The molecular weight excluding hydrogens is 306 g/mol. The Labute approximate surface area is 141 Å². The standard InChI is InChI=1S/C17H23N5O2/c1-10-6-14(11(2)22(10)13-4-5-13)17(23)20-8-12-7-19-15(9-24-3)21-16(12)18/h6-7,13H,4-5,8-9H2,1-3H3,(H,20,23)(H2,18,19,21). The number of hydrogen-bond acceptors (Lipinski definition) is 5. The van der Waals surface area contributed by atoms with Crippen molar-refractivity contribution in [3.63, 3.8) is 0 Å². The van der Waals surface area contributed by atoms with Gasteiger partial charge in [-0.05, 0) is 32.8 Å². The van der Waals surface area contributed by atoms with Crippen molar-refractivity contribution in [1.29, 1.82) is 0 Å². The number of carbonyl (C=O) groups excluding carboxylic acids is 1. The number of nitrogen functional groups attached to an aromatic ring is 1. The van der Waals surface area contributed by atoms with Crippen LogP contribution in [0, 0.1) is 13.8 Å². The summed E-state index contributed by atoms with van der Waals surface area (Å²) in [5, 5.41) is 2.90. The number of methoxy groups -OCH3 is 1. The van der Waals surface area contributed by atoms with Gasteiger partial charge in [-0.3, -0.25) is 4.79 Å². The molecule has 0 aliphatic heterocycles. The van der Waals surface area contributed by atoms with E-state index in [1.807, 2.05) is 19.9 Å². The molecule has 3 N–H and O–H groups in total. The predicted octanol–water partition coefficient (Wildman–Crippen LogP) is 1.89. The van der Waals surface area contributed by atoms with E-state index in [2.05, 4.69) is 19.9 Å². The molecule has 1 saturated carbocycles. The number of nitrogens with one attached hydrogen (secondary N) is 1. The van der Waals surface area contributed by atoms with Gasteiger partial charge in [-0.15, -0.1) is 0 Å². The van der Waals surface area contributed by atoms with Crippen molar-refractivity contribution < 1.29 is 9.53 Å². The van der Waals surface area contributed by atoms with Crippen molar-refractivity contribution >= 4 is 11.7 Å². The minimum Gasteiger partial charge on any atom is -0.383 e. The summed E-state index contributed by atoms with van der Waals surface area (Å²) in [6, 6.07) is 2.51. The maximum Gasteiger partial charge on any atom is 0.253 e. The van der Waals surface area contributed by atoms with Crippen molar-refractivity contribution in [2.24, 2.45) is 0 Å². The zero-order valence-corrected chi connectivity index (χ0v) is 14.3. The lowest BCUT2D eigenvalue weighted by Gasteiger charge is -2.09. The summed E-state index contributed by atoms with van der Waals surface area (Å²) in [7, 11) is 1.58. The van der Waals surface area contributed by atoms with Gasteiger partial charge in [0.05, 0.1) is 5.56 Å². The molecule has 7 nitrogen and oxygen atoms in total. The smallest absolute Gasteiger partial charge is 0.253 e. The summed E-state index contributed by atoms with van der Waals surface area (Å²) in [5.74, 6) is 0.786. The van der Waals surface area contributed by atoms with Gasteiger partial charge in [-0.2, -0.15) is 0 Å². The molecule has 0 bridgehead atoms. The Kier molecular flexibility index (Phi) is 4.53. The Morgan fingerprint density at radius 3 is 2.83 bits per heavy atom. The van der Waals surface area contributed by atoms with Crippen LogP contribution in [0.15, 0.2) is 12.3 Å². The van der Waals surface area contributed by atoms with Crippen LogP contribution in [0.1, 0.15) is 52.0 Å². The minimum absolute atomic E-state index is 0.102. The zero-order valence-electron chi connectivity index (χ0n) is 14.3. The number of hydrogen-bond donors (Lipinski definition) is 2. The first-order valence-electron chi connectivity index (χ1n) is 8.07. The van der Waals surface area contributed by atoms with E-state index in [0.29, 0.717) is 36.4 Å². The van der Waals surface area contributed by atoms with E-state index in [4.69, 9.17) is 10.5 Å². The number of rotatable bonds is 6. The summed E-state index contributed by atoms with van der Waals surface area (Å²) < 4.78 is 7.23. The third-order valence-electron chi connectivity index (χ3n) is 4.30. The van der Waals surface area contributed by atoms with Crippen molar-refractivity contribution in [2.45, 2.75) is 45.9 Å². The van der Waals surface area contributed by atoms with Gasteiger partial charge in [-0.1, -0.05) is 0 Å². The second kappa shape index (κ2) is 6.60. The van der Waals surface area contributed by atoms with Crippen LogP contribution in [0.4, 0.5) is 5.82 Å². The molecule has 2 heterocycles. The Bertz CT molecular complexity index is 765. The third-order valence-corrected chi connectivity index (χ3v) is 4.30. The summed E-state index contributed by atoms with van der Waals surface area (Å²) in [4.78, 5) is 20.8. The van der Waals surface area contributed by atoms with Gasteiger partial charge in [0.2, 0.25) is 0 Å². The molecule has 1 amide bonds. The van der Waals surface area contributed by atoms with E-state index in [1.165, 1.54) is 12.8 Å². The lowest BCUT2D eigenvalue weighted by atomic mass is 10.2. The van der Waals surface area contributed by atoms with Crippen molar-refractivity contribution in [3.05, 3.63) is 40.6 Å². The number of nitrogens with zero attached hydrogens (tertiary/aromatic N) is 3. The SMILES string of the molecule is COCc1ncc(CNC(=O)c2cc(C)n(C3CC3)c2C)c(N)n1.